The second-order valence-corrected chi connectivity index (χ2v) is 4.75. The first-order chi connectivity index (χ1) is 7.56. The number of pyridine rings is 1. The highest BCUT2D eigenvalue weighted by atomic mass is 127. The summed E-state index contributed by atoms with van der Waals surface area (Å²) in [5, 5.41) is 12.4. The van der Waals surface area contributed by atoms with E-state index in [9.17, 15) is 9.90 Å². The molecule has 5 heteroatoms. The number of aromatic nitrogens is 1. The molecule has 1 aromatic heterocycles. The monoisotopic (exact) mass is 334 g/mol. The van der Waals surface area contributed by atoms with E-state index in [0.29, 0.717) is 5.92 Å². The van der Waals surface area contributed by atoms with Crippen molar-refractivity contribution >= 4 is 28.5 Å². The van der Waals surface area contributed by atoms with Gasteiger partial charge in [0.1, 0.15) is 5.75 Å². The summed E-state index contributed by atoms with van der Waals surface area (Å²) in [6, 6.07) is 1.62. The Morgan fingerprint density at radius 2 is 2.31 bits per heavy atom. The maximum Gasteiger partial charge on any atom is 0.255 e. The van der Waals surface area contributed by atoms with Crippen LogP contribution in [0.5, 0.6) is 5.75 Å². The minimum Gasteiger partial charge on any atom is -0.505 e. The van der Waals surface area contributed by atoms with Gasteiger partial charge in [-0.15, -0.1) is 0 Å². The average molecular weight is 334 g/mol. The van der Waals surface area contributed by atoms with E-state index in [1.165, 1.54) is 18.5 Å². The molecule has 4 nitrogen and oxygen atoms in total. The molecule has 0 saturated carbocycles. The molecule has 0 saturated heterocycles. The number of hydrogen-bond acceptors (Lipinski definition) is 3. The number of aromatic hydroxyl groups is 1. The first-order valence-corrected chi connectivity index (χ1v) is 6.58. The molecular formula is C11H15IN2O2. The number of hydrogen-bond donors (Lipinski definition) is 2. The van der Waals surface area contributed by atoms with E-state index in [4.69, 9.17) is 0 Å². The standard InChI is InChI=1S/C11H15IN2O2/c1-7(2)9(5-12)14-11(16)8-3-4-13-6-10(8)15/h3-4,6-7,9,15H,5H2,1-2H3,(H,14,16). The summed E-state index contributed by atoms with van der Waals surface area (Å²) >= 11 is 2.24. The topological polar surface area (TPSA) is 62.2 Å². The van der Waals surface area contributed by atoms with Crippen molar-refractivity contribution in [3.8, 4) is 5.75 Å². The number of nitrogens with one attached hydrogen (secondary N) is 1. The zero-order valence-corrected chi connectivity index (χ0v) is 11.4. The van der Waals surface area contributed by atoms with E-state index in [2.05, 4.69) is 46.7 Å². The molecule has 16 heavy (non-hydrogen) atoms. The molecule has 1 rings (SSSR count). The number of carbonyl (C=O) groups is 1. The quantitative estimate of drug-likeness (QED) is 0.654. The van der Waals surface area contributed by atoms with Crippen LogP contribution >= 0.6 is 22.6 Å². The van der Waals surface area contributed by atoms with Crippen molar-refractivity contribution in [3.05, 3.63) is 24.0 Å². The van der Waals surface area contributed by atoms with Crippen molar-refractivity contribution in [1.29, 1.82) is 0 Å². The van der Waals surface area contributed by atoms with Gasteiger partial charge in [0.15, 0.2) is 0 Å². The lowest BCUT2D eigenvalue weighted by Gasteiger charge is -2.20. The highest BCUT2D eigenvalue weighted by Crippen LogP contribution is 2.15. The lowest BCUT2D eigenvalue weighted by Crippen LogP contribution is -2.39. The molecule has 0 radical (unpaired) electrons. The second kappa shape index (κ2) is 6.03. The van der Waals surface area contributed by atoms with Gasteiger partial charge in [0.25, 0.3) is 5.91 Å². The number of nitrogens with zero attached hydrogens (tertiary/aromatic N) is 1. The normalized spacial score (nSPS) is 12.5. The van der Waals surface area contributed by atoms with Gasteiger partial charge in [0.05, 0.1) is 11.8 Å². The largest absolute Gasteiger partial charge is 0.505 e. The van der Waals surface area contributed by atoms with Gasteiger partial charge in [-0.3, -0.25) is 9.78 Å². The van der Waals surface area contributed by atoms with E-state index in [-0.39, 0.29) is 23.3 Å². The van der Waals surface area contributed by atoms with Crippen LogP contribution in [0.1, 0.15) is 24.2 Å². The van der Waals surface area contributed by atoms with Gasteiger partial charge in [-0.25, -0.2) is 0 Å². The summed E-state index contributed by atoms with van der Waals surface area (Å²) in [7, 11) is 0. The molecule has 0 aromatic carbocycles. The Morgan fingerprint density at radius 1 is 1.62 bits per heavy atom. The summed E-state index contributed by atoms with van der Waals surface area (Å²) in [6.07, 6.45) is 2.76. The third-order valence-electron chi connectivity index (χ3n) is 2.33. The Bertz CT molecular complexity index is 369. The Morgan fingerprint density at radius 3 is 2.81 bits per heavy atom. The molecule has 1 amide bonds. The maximum atomic E-state index is 11.8. The van der Waals surface area contributed by atoms with Crippen LogP contribution in [0.3, 0.4) is 0 Å². The van der Waals surface area contributed by atoms with Crippen molar-refractivity contribution in [2.75, 3.05) is 4.43 Å². The number of rotatable bonds is 4. The van der Waals surface area contributed by atoms with Crippen LogP contribution in [0.15, 0.2) is 18.5 Å². The van der Waals surface area contributed by atoms with Crippen LogP contribution in [-0.4, -0.2) is 26.5 Å². The van der Waals surface area contributed by atoms with Crippen molar-refractivity contribution in [2.45, 2.75) is 19.9 Å². The van der Waals surface area contributed by atoms with Crippen molar-refractivity contribution < 1.29 is 9.90 Å². The molecule has 1 atom stereocenters. The average Bonchev–Trinajstić information content (AvgIpc) is 2.25. The molecule has 0 aliphatic carbocycles. The van der Waals surface area contributed by atoms with Crippen LogP contribution in [0.2, 0.25) is 0 Å². The van der Waals surface area contributed by atoms with Gasteiger partial charge in [-0.1, -0.05) is 36.4 Å². The summed E-state index contributed by atoms with van der Waals surface area (Å²) < 4.78 is 0.840. The molecule has 88 valence electrons. The fourth-order valence-electron chi connectivity index (χ4n) is 1.21. The lowest BCUT2D eigenvalue weighted by atomic mass is 10.1. The first-order valence-electron chi connectivity index (χ1n) is 5.06. The van der Waals surface area contributed by atoms with Gasteiger partial charge in [-0.05, 0) is 12.0 Å². The summed E-state index contributed by atoms with van der Waals surface area (Å²) in [5.41, 5.74) is 0.269. The van der Waals surface area contributed by atoms with Crippen molar-refractivity contribution in [1.82, 2.24) is 10.3 Å². The molecule has 0 bridgehead atoms. The summed E-state index contributed by atoms with van der Waals surface area (Å²) in [6.45, 7) is 4.10. The Labute approximate surface area is 109 Å². The molecule has 0 fully saturated rings. The molecule has 0 aliphatic heterocycles. The summed E-state index contributed by atoms with van der Waals surface area (Å²) in [5.74, 6) is 0.0241. The van der Waals surface area contributed by atoms with Crippen LogP contribution in [0, 0.1) is 5.92 Å². The van der Waals surface area contributed by atoms with E-state index >= 15 is 0 Å². The lowest BCUT2D eigenvalue weighted by molar-refractivity contribution is 0.0929. The predicted octanol–water partition coefficient (Wildman–Crippen LogP) is 1.98. The predicted molar refractivity (Wildman–Crippen MR) is 70.9 cm³/mol. The molecule has 1 heterocycles. The van der Waals surface area contributed by atoms with Gasteiger partial charge >= 0.3 is 0 Å². The highest BCUT2D eigenvalue weighted by molar-refractivity contribution is 14.1. The smallest absolute Gasteiger partial charge is 0.255 e. The van der Waals surface area contributed by atoms with E-state index in [0.717, 1.165) is 4.43 Å². The molecule has 1 unspecified atom stereocenters. The Balaban J connectivity index is 2.76. The van der Waals surface area contributed by atoms with Gasteiger partial charge in [0, 0.05) is 16.7 Å². The van der Waals surface area contributed by atoms with Crippen LogP contribution < -0.4 is 5.32 Å². The summed E-state index contributed by atoms with van der Waals surface area (Å²) in [4.78, 5) is 15.6. The Hall–Kier alpha value is -0.850. The van der Waals surface area contributed by atoms with E-state index < -0.39 is 0 Å². The number of alkyl halides is 1. The van der Waals surface area contributed by atoms with Gasteiger partial charge in [-0.2, -0.15) is 0 Å². The number of amides is 1. The van der Waals surface area contributed by atoms with Crippen LogP contribution in [-0.2, 0) is 0 Å². The van der Waals surface area contributed by atoms with Gasteiger partial charge in [0.2, 0.25) is 0 Å². The fraction of sp³-hybridized carbons (Fsp3) is 0.455. The van der Waals surface area contributed by atoms with Crippen molar-refractivity contribution in [3.63, 3.8) is 0 Å². The number of halogens is 1. The SMILES string of the molecule is CC(C)C(CI)NC(=O)c1ccncc1O. The molecular weight excluding hydrogens is 319 g/mol. The highest BCUT2D eigenvalue weighted by Gasteiger charge is 2.17. The third-order valence-corrected chi connectivity index (χ3v) is 3.28. The molecule has 0 aliphatic rings. The fourth-order valence-corrected chi connectivity index (χ4v) is 2.44. The molecule has 1 aromatic rings. The third kappa shape index (κ3) is 3.33. The Kier molecular flexibility index (Phi) is 4.98. The van der Waals surface area contributed by atoms with Gasteiger partial charge < -0.3 is 10.4 Å². The minimum atomic E-state index is -0.254. The van der Waals surface area contributed by atoms with Crippen molar-refractivity contribution in [2.24, 2.45) is 5.92 Å². The maximum absolute atomic E-state index is 11.8. The van der Waals surface area contributed by atoms with Crippen LogP contribution in [0.4, 0.5) is 0 Å². The second-order valence-electron chi connectivity index (χ2n) is 3.87. The molecule has 0 spiro atoms. The molecule has 2 N–H and O–H groups in total. The van der Waals surface area contributed by atoms with Crippen LogP contribution in [0.25, 0.3) is 0 Å². The van der Waals surface area contributed by atoms with E-state index in [1.807, 2.05) is 0 Å². The number of carbonyl (C=O) groups excluding carboxylic acids is 1. The first kappa shape index (κ1) is 13.2. The van der Waals surface area contributed by atoms with E-state index in [1.54, 1.807) is 0 Å². The zero-order valence-electron chi connectivity index (χ0n) is 9.27. The minimum absolute atomic E-state index is 0.0871. The zero-order chi connectivity index (χ0) is 12.1.